The van der Waals surface area contributed by atoms with E-state index < -0.39 is 21.8 Å². The lowest BCUT2D eigenvalue weighted by Crippen LogP contribution is -2.46. The van der Waals surface area contributed by atoms with Gasteiger partial charge < -0.3 is 14.5 Å². The second-order valence-corrected chi connectivity index (χ2v) is 8.73. The van der Waals surface area contributed by atoms with Gasteiger partial charge in [-0.3, -0.25) is 15.0 Å². The molecule has 1 aromatic heterocycles. The molecule has 0 aliphatic rings. The number of para-hydroxylation sites is 1. The molecule has 0 bridgehead atoms. The van der Waals surface area contributed by atoms with Crippen molar-refractivity contribution in [2.75, 3.05) is 12.4 Å². The molecule has 0 fully saturated rings. The van der Waals surface area contributed by atoms with Gasteiger partial charge in [-0.15, -0.1) is 4.83 Å². The van der Waals surface area contributed by atoms with Crippen molar-refractivity contribution in [3.8, 4) is 5.75 Å². The van der Waals surface area contributed by atoms with Crippen LogP contribution in [-0.2, 0) is 19.6 Å². The summed E-state index contributed by atoms with van der Waals surface area (Å²) >= 11 is 5.74. The Morgan fingerprint density at radius 2 is 1.66 bits per heavy atom. The minimum atomic E-state index is -4.10. The van der Waals surface area contributed by atoms with Crippen LogP contribution in [0, 0.1) is 0 Å². The normalized spacial score (nSPS) is 11.4. The van der Waals surface area contributed by atoms with E-state index in [1.807, 2.05) is 28.5 Å². The maximum absolute atomic E-state index is 12.3. The smallest absolute Gasteiger partial charge is 0.324 e. The second kappa shape index (κ2) is 8.50. The molecule has 9 nitrogen and oxygen atoms in total. The van der Waals surface area contributed by atoms with Crippen LogP contribution in [0.1, 0.15) is 0 Å². The first-order chi connectivity index (χ1) is 15.3. The van der Waals surface area contributed by atoms with E-state index >= 15 is 0 Å². The summed E-state index contributed by atoms with van der Waals surface area (Å²) in [4.78, 5) is 26.2. The number of halogens is 1. The zero-order chi connectivity index (χ0) is 22.9. The monoisotopic (exact) mass is 473 g/mol. The average molecular weight is 474 g/mol. The van der Waals surface area contributed by atoms with Gasteiger partial charge >= 0.3 is 11.8 Å². The zero-order valence-corrected chi connectivity index (χ0v) is 18.1. The van der Waals surface area contributed by atoms with Gasteiger partial charge in [-0.25, -0.2) is 8.42 Å². The van der Waals surface area contributed by atoms with Crippen molar-refractivity contribution in [2.24, 2.45) is 0 Å². The van der Waals surface area contributed by atoms with Crippen LogP contribution in [0.25, 0.3) is 21.9 Å². The average Bonchev–Trinajstić information content (AvgIpc) is 3.14. The predicted octanol–water partition coefficient (Wildman–Crippen LogP) is 3.20. The fourth-order valence-corrected chi connectivity index (χ4v) is 4.01. The number of hydrogen-bond donors (Lipinski definition) is 3. The molecule has 32 heavy (non-hydrogen) atoms. The number of furan rings is 1. The standard InChI is InChI=1S/C21H16ClN3O6S/c1-30-19-10-15-14-4-2-3-5-17(14)31-18(15)11-16(19)23-20(26)21(27)24-25-32(28,29)13-8-6-12(22)7-9-13/h2-11,25H,1H3,(H,23,26)(H,24,27). The van der Waals surface area contributed by atoms with Crippen LogP contribution in [0.4, 0.5) is 5.69 Å². The fraction of sp³-hybridized carbons (Fsp3) is 0.0476. The number of rotatable bonds is 5. The highest BCUT2D eigenvalue weighted by atomic mass is 35.5. The number of carbonyl (C=O) groups excluding carboxylic acids is 2. The summed E-state index contributed by atoms with van der Waals surface area (Å²) in [6.45, 7) is 0. The van der Waals surface area contributed by atoms with Crippen molar-refractivity contribution in [3.05, 3.63) is 65.7 Å². The van der Waals surface area contributed by atoms with Gasteiger partial charge in [0.15, 0.2) is 0 Å². The quantitative estimate of drug-likeness (QED) is 0.302. The van der Waals surface area contributed by atoms with Crippen molar-refractivity contribution in [2.45, 2.75) is 4.90 Å². The van der Waals surface area contributed by atoms with E-state index in [9.17, 15) is 18.0 Å². The van der Waals surface area contributed by atoms with E-state index in [0.29, 0.717) is 21.9 Å². The molecule has 4 rings (SSSR count). The Labute approximate surface area is 187 Å². The fourth-order valence-electron chi connectivity index (χ4n) is 3.04. The third-order valence-corrected chi connectivity index (χ3v) is 6.09. The minimum absolute atomic E-state index is 0.139. The lowest BCUT2D eigenvalue weighted by atomic mass is 10.1. The first-order valence-electron chi connectivity index (χ1n) is 9.16. The van der Waals surface area contributed by atoms with Gasteiger partial charge in [-0.2, -0.15) is 0 Å². The topological polar surface area (TPSA) is 127 Å². The molecular weight excluding hydrogens is 458 g/mol. The number of nitrogens with one attached hydrogen (secondary N) is 3. The molecule has 2 amide bonds. The molecule has 1 heterocycles. The lowest BCUT2D eigenvalue weighted by Gasteiger charge is -2.11. The van der Waals surface area contributed by atoms with E-state index in [2.05, 4.69) is 5.32 Å². The number of carbonyl (C=O) groups is 2. The highest BCUT2D eigenvalue weighted by Crippen LogP contribution is 2.36. The number of hydrogen-bond acceptors (Lipinski definition) is 6. The van der Waals surface area contributed by atoms with Crippen LogP contribution >= 0.6 is 11.6 Å². The molecule has 164 valence electrons. The Morgan fingerprint density at radius 1 is 0.938 bits per heavy atom. The minimum Gasteiger partial charge on any atom is -0.495 e. The maximum Gasteiger partial charge on any atom is 0.324 e. The summed E-state index contributed by atoms with van der Waals surface area (Å²) in [5.74, 6) is -2.04. The molecule has 4 aromatic rings. The number of sulfonamides is 1. The van der Waals surface area contributed by atoms with Crippen LogP contribution in [0.15, 0.2) is 70.0 Å². The van der Waals surface area contributed by atoms with E-state index in [1.54, 1.807) is 12.1 Å². The summed E-state index contributed by atoms with van der Waals surface area (Å²) in [6.07, 6.45) is 0. The Morgan fingerprint density at radius 3 is 2.38 bits per heavy atom. The lowest BCUT2D eigenvalue weighted by molar-refractivity contribution is -0.136. The van der Waals surface area contributed by atoms with Gasteiger partial charge in [0.1, 0.15) is 16.9 Å². The summed E-state index contributed by atoms with van der Waals surface area (Å²) in [5.41, 5.74) is 3.18. The van der Waals surface area contributed by atoms with E-state index in [1.165, 1.54) is 37.4 Å². The Hall–Kier alpha value is -3.60. The number of anilines is 1. The van der Waals surface area contributed by atoms with E-state index in [-0.39, 0.29) is 10.6 Å². The molecule has 0 atom stereocenters. The first-order valence-corrected chi connectivity index (χ1v) is 11.0. The van der Waals surface area contributed by atoms with Crippen LogP contribution in [0.5, 0.6) is 5.75 Å². The molecule has 0 saturated heterocycles. The molecule has 0 unspecified atom stereocenters. The molecule has 3 aromatic carbocycles. The van der Waals surface area contributed by atoms with Crippen LogP contribution in [0.3, 0.4) is 0 Å². The number of benzene rings is 3. The molecule has 0 aliphatic carbocycles. The number of ether oxygens (including phenoxy) is 1. The molecule has 3 N–H and O–H groups in total. The van der Waals surface area contributed by atoms with Gasteiger partial charge in [0.25, 0.3) is 10.0 Å². The van der Waals surface area contributed by atoms with Gasteiger partial charge in [-0.1, -0.05) is 29.8 Å². The van der Waals surface area contributed by atoms with Gasteiger partial charge in [-0.05, 0) is 36.4 Å². The third-order valence-electron chi connectivity index (χ3n) is 4.58. The van der Waals surface area contributed by atoms with Crippen LogP contribution in [-0.4, -0.2) is 27.3 Å². The van der Waals surface area contributed by atoms with Crippen LogP contribution < -0.4 is 20.3 Å². The Balaban J connectivity index is 1.51. The highest BCUT2D eigenvalue weighted by Gasteiger charge is 2.21. The Bertz CT molecular complexity index is 1450. The number of hydrazine groups is 1. The first kappa shape index (κ1) is 21.6. The second-order valence-electron chi connectivity index (χ2n) is 6.61. The molecule has 0 saturated carbocycles. The molecule has 11 heteroatoms. The molecule has 0 spiro atoms. The zero-order valence-electron chi connectivity index (χ0n) is 16.5. The number of fused-ring (bicyclic) bond motifs is 3. The summed E-state index contributed by atoms with van der Waals surface area (Å²) in [5, 5.41) is 4.38. The van der Waals surface area contributed by atoms with Gasteiger partial charge in [0.05, 0.1) is 17.7 Å². The van der Waals surface area contributed by atoms with E-state index in [4.69, 9.17) is 20.8 Å². The van der Waals surface area contributed by atoms with Crippen molar-refractivity contribution in [3.63, 3.8) is 0 Å². The Kier molecular flexibility index (Phi) is 5.74. The van der Waals surface area contributed by atoms with Crippen molar-refractivity contribution in [1.82, 2.24) is 10.3 Å². The number of amides is 2. The van der Waals surface area contributed by atoms with Gasteiger partial charge in [0, 0.05) is 21.9 Å². The predicted molar refractivity (Wildman–Crippen MR) is 119 cm³/mol. The number of methoxy groups -OCH3 is 1. The molecule has 0 aliphatic heterocycles. The third kappa shape index (κ3) is 4.24. The van der Waals surface area contributed by atoms with Crippen molar-refractivity contribution >= 4 is 61.1 Å². The highest BCUT2D eigenvalue weighted by molar-refractivity contribution is 7.89. The summed E-state index contributed by atoms with van der Waals surface area (Å²) in [7, 11) is -2.68. The van der Waals surface area contributed by atoms with Crippen molar-refractivity contribution in [1.29, 1.82) is 0 Å². The van der Waals surface area contributed by atoms with Gasteiger partial charge in [0.2, 0.25) is 0 Å². The molecule has 0 radical (unpaired) electrons. The summed E-state index contributed by atoms with van der Waals surface area (Å²) < 4.78 is 35.6. The SMILES string of the molecule is COc1cc2c(cc1NC(=O)C(=O)NNS(=O)(=O)c1ccc(Cl)cc1)oc1ccccc12. The van der Waals surface area contributed by atoms with Crippen LogP contribution in [0.2, 0.25) is 5.02 Å². The summed E-state index contributed by atoms with van der Waals surface area (Å²) in [6, 6.07) is 15.9. The molecular formula is C21H16ClN3O6S. The largest absolute Gasteiger partial charge is 0.495 e. The van der Waals surface area contributed by atoms with E-state index in [0.717, 1.165) is 10.8 Å². The van der Waals surface area contributed by atoms with Crippen molar-refractivity contribution < 1.29 is 27.2 Å². The maximum atomic E-state index is 12.3.